The Labute approximate surface area is 85.0 Å². The van der Waals surface area contributed by atoms with Gasteiger partial charge in [0.2, 0.25) is 0 Å². The predicted octanol–water partition coefficient (Wildman–Crippen LogP) is 4.40. The zero-order chi connectivity index (χ0) is 12.9. The lowest BCUT2D eigenvalue weighted by atomic mass is 9.80. The van der Waals surface area contributed by atoms with E-state index in [1.165, 1.54) is 0 Å². The van der Waals surface area contributed by atoms with Gasteiger partial charge in [-0.3, -0.25) is 0 Å². The molecule has 0 spiro atoms. The molecule has 16 heavy (non-hydrogen) atoms. The van der Waals surface area contributed by atoms with E-state index in [0.29, 0.717) is 12.1 Å². The molecule has 0 aliphatic rings. The Balaban J connectivity index is 3.43. The first-order chi connectivity index (χ1) is 6.70. The van der Waals surface area contributed by atoms with E-state index in [9.17, 15) is 32.4 Å². The van der Waals surface area contributed by atoms with Crippen LogP contribution in [-0.2, 0) is 0 Å². The first-order valence-electron chi connectivity index (χ1n) is 3.74. The van der Waals surface area contributed by atoms with E-state index in [-0.39, 0.29) is 6.07 Å². The number of halogens is 8. The molecule has 0 atom stereocenters. The molecule has 0 saturated heterocycles. The Bertz CT molecular complexity index is 417. The van der Waals surface area contributed by atoms with Crippen molar-refractivity contribution in [3.8, 4) is 0 Å². The van der Waals surface area contributed by atoms with Crippen molar-refractivity contribution in [3.05, 3.63) is 24.3 Å². The van der Waals surface area contributed by atoms with E-state index < -0.39 is 33.6 Å². The van der Waals surface area contributed by atoms with E-state index in [4.69, 9.17) is 0 Å². The van der Waals surface area contributed by atoms with Crippen molar-refractivity contribution >= 4 is 22.7 Å². The summed E-state index contributed by atoms with van der Waals surface area (Å²) in [6.45, 7) is -5.74. The van der Waals surface area contributed by atoms with Crippen LogP contribution < -0.4 is 5.46 Å². The monoisotopic (exact) mass is 271 g/mol. The molecule has 0 amide bonds. The maximum absolute atomic E-state index is 12.2. The second kappa shape index (κ2) is 2.66. The van der Waals surface area contributed by atoms with E-state index in [2.05, 4.69) is 0 Å². The third-order valence-electron chi connectivity index (χ3n) is 1.68. The van der Waals surface area contributed by atoms with E-state index in [1.807, 2.05) is 0 Å². The Kier molecular flexibility index (Phi) is 2.18. The molecule has 0 N–H and O–H groups in total. The fraction of sp³-hybridized carbons (Fsp3) is 0. The fourth-order valence-electron chi connectivity index (χ4n) is 0.958. The molecular formula is C6H4BF8S-. The van der Waals surface area contributed by atoms with Crippen molar-refractivity contribution in [1.29, 1.82) is 0 Å². The Morgan fingerprint density at radius 1 is 0.875 bits per heavy atom. The molecule has 0 unspecified atom stereocenters. The van der Waals surface area contributed by atoms with Crippen molar-refractivity contribution in [2.45, 2.75) is 4.90 Å². The Hall–Kier alpha value is -0.925. The molecule has 0 aromatic heterocycles. The third kappa shape index (κ3) is 3.03. The van der Waals surface area contributed by atoms with Crippen LogP contribution in [0.1, 0.15) is 0 Å². The number of hydrogen-bond donors (Lipinski definition) is 0. The lowest BCUT2D eigenvalue weighted by Crippen LogP contribution is -2.34. The summed E-state index contributed by atoms with van der Waals surface area (Å²) < 4.78 is 97.0. The highest BCUT2D eigenvalue weighted by Crippen LogP contribution is 3.02. The van der Waals surface area contributed by atoms with Crippen LogP contribution in [0.25, 0.3) is 0 Å². The number of hydrogen-bond acceptors (Lipinski definition) is 0. The summed E-state index contributed by atoms with van der Waals surface area (Å²) in [5.74, 6) is 0. The molecular weight excluding hydrogens is 267 g/mol. The van der Waals surface area contributed by atoms with Crippen LogP contribution in [-0.4, -0.2) is 6.98 Å². The topological polar surface area (TPSA) is 0 Å². The Morgan fingerprint density at radius 3 is 1.75 bits per heavy atom. The summed E-state index contributed by atoms with van der Waals surface area (Å²) in [6, 6.07) is -0.0285. The smallest absolute Gasteiger partial charge is 0.445 e. The van der Waals surface area contributed by atoms with Gasteiger partial charge in [0.05, 0.1) is 0 Å². The Morgan fingerprint density at radius 2 is 1.38 bits per heavy atom. The molecule has 0 bridgehead atoms. The van der Waals surface area contributed by atoms with E-state index >= 15 is 0 Å². The lowest BCUT2D eigenvalue weighted by Gasteiger charge is -2.41. The maximum atomic E-state index is 12.2. The average molecular weight is 271 g/mol. The molecule has 1 rings (SSSR count). The van der Waals surface area contributed by atoms with Gasteiger partial charge in [-0.15, -0.1) is 5.46 Å². The van der Waals surface area contributed by atoms with Crippen LogP contribution in [0.5, 0.6) is 0 Å². The standard InChI is InChI=1S/C6H4BF8S/c8-7(9,10)5-2-1-3-6(4-5)16(11,12,13,14)15/h1-4H/q-1. The zero-order valence-corrected chi connectivity index (χ0v) is 8.14. The van der Waals surface area contributed by atoms with Gasteiger partial charge >= 0.3 is 17.2 Å². The van der Waals surface area contributed by atoms with Crippen molar-refractivity contribution in [1.82, 2.24) is 0 Å². The number of benzene rings is 1. The molecule has 0 fully saturated rings. The van der Waals surface area contributed by atoms with Crippen molar-refractivity contribution < 1.29 is 32.4 Å². The van der Waals surface area contributed by atoms with Gasteiger partial charge in [-0.1, -0.05) is 37.6 Å². The molecule has 0 heterocycles. The second-order valence-electron chi connectivity index (χ2n) is 3.12. The lowest BCUT2D eigenvalue weighted by molar-refractivity contribution is 0.364. The molecule has 10 heteroatoms. The van der Waals surface area contributed by atoms with Gasteiger partial charge < -0.3 is 12.9 Å². The average Bonchev–Trinajstić information content (AvgIpc) is 1.99. The molecule has 0 aliphatic heterocycles. The summed E-state index contributed by atoms with van der Waals surface area (Å²) in [7, 11) is -10.0. The zero-order valence-electron chi connectivity index (χ0n) is 7.32. The molecule has 0 radical (unpaired) electrons. The van der Waals surface area contributed by atoms with Crippen LogP contribution >= 0.6 is 10.2 Å². The quantitative estimate of drug-likeness (QED) is 0.552. The first-order valence-corrected chi connectivity index (χ1v) is 5.69. The van der Waals surface area contributed by atoms with Crippen LogP contribution in [0.2, 0.25) is 0 Å². The molecule has 1 aromatic rings. The highest BCUT2D eigenvalue weighted by molar-refractivity contribution is 8.45. The summed E-state index contributed by atoms with van der Waals surface area (Å²) in [5.41, 5.74) is -1.70. The van der Waals surface area contributed by atoms with Gasteiger partial charge in [0.25, 0.3) is 0 Å². The highest BCUT2D eigenvalue weighted by Gasteiger charge is 2.65. The van der Waals surface area contributed by atoms with Crippen molar-refractivity contribution in [2.24, 2.45) is 0 Å². The van der Waals surface area contributed by atoms with Gasteiger partial charge in [0, 0.05) is 0 Å². The van der Waals surface area contributed by atoms with Crippen molar-refractivity contribution in [2.75, 3.05) is 0 Å². The predicted molar refractivity (Wildman–Crippen MR) is 46.6 cm³/mol. The van der Waals surface area contributed by atoms with Gasteiger partial charge in [0.1, 0.15) is 4.90 Å². The third-order valence-corrected chi connectivity index (χ3v) is 2.83. The summed E-state index contributed by atoms with van der Waals surface area (Å²) in [5, 5.41) is 0. The van der Waals surface area contributed by atoms with Crippen LogP contribution in [0.4, 0.5) is 32.4 Å². The van der Waals surface area contributed by atoms with E-state index in [1.54, 1.807) is 0 Å². The van der Waals surface area contributed by atoms with E-state index in [0.717, 1.165) is 0 Å². The molecule has 0 saturated carbocycles. The SMILES string of the molecule is F[B-](F)(F)c1cccc(S(F)(F)(F)(F)F)c1. The fourth-order valence-corrected chi connectivity index (χ4v) is 1.65. The molecule has 0 aliphatic carbocycles. The minimum atomic E-state index is -10.0. The van der Waals surface area contributed by atoms with Gasteiger partial charge in [-0.2, -0.15) is 0 Å². The van der Waals surface area contributed by atoms with Crippen LogP contribution in [0, 0.1) is 0 Å². The minimum Gasteiger partial charge on any atom is -0.445 e. The summed E-state index contributed by atoms with van der Waals surface area (Å²) >= 11 is 0. The van der Waals surface area contributed by atoms with Gasteiger partial charge in [-0.05, 0) is 6.07 Å². The van der Waals surface area contributed by atoms with Crippen LogP contribution in [0.3, 0.4) is 0 Å². The maximum Gasteiger partial charge on any atom is 0.509 e. The van der Waals surface area contributed by atoms with Gasteiger partial charge in [-0.25, -0.2) is 0 Å². The normalized spacial score (nSPS) is 17.8. The minimum absolute atomic E-state index is 0.0765. The molecule has 0 nitrogen and oxygen atoms in total. The second-order valence-corrected chi connectivity index (χ2v) is 5.53. The van der Waals surface area contributed by atoms with Gasteiger partial charge in [0.15, 0.2) is 0 Å². The number of rotatable bonds is 2. The largest absolute Gasteiger partial charge is 0.509 e. The highest BCUT2D eigenvalue weighted by atomic mass is 32.5. The van der Waals surface area contributed by atoms with Crippen molar-refractivity contribution in [3.63, 3.8) is 0 Å². The molecule has 94 valence electrons. The summed E-state index contributed by atoms with van der Waals surface area (Å²) in [4.78, 5) is -2.53. The van der Waals surface area contributed by atoms with Crippen LogP contribution in [0.15, 0.2) is 29.2 Å². The summed E-state index contributed by atoms with van der Waals surface area (Å²) in [6.07, 6.45) is 0. The molecule has 1 aromatic carbocycles. The first kappa shape index (κ1) is 13.1.